The zero-order valence-electron chi connectivity index (χ0n) is 18.6. The summed E-state index contributed by atoms with van der Waals surface area (Å²) >= 11 is 11.7. The van der Waals surface area contributed by atoms with E-state index in [4.69, 9.17) is 28.6 Å². The van der Waals surface area contributed by atoms with Crippen LogP contribution >= 0.6 is 23.2 Å². The molecule has 1 heterocycles. The van der Waals surface area contributed by atoms with E-state index >= 15 is 0 Å². The zero-order chi connectivity index (χ0) is 27.1. The summed E-state index contributed by atoms with van der Waals surface area (Å²) in [6, 6.07) is 12.7. The molecule has 4 rings (SSSR count). The minimum Gasteiger partial charge on any atom is -0.288 e. The van der Waals surface area contributed by atoms with Crippen LogP contribution in [0.15, 0.2) is 66.7 Å². The van der Waals surface area contributed by atoms with E-state index in [1.807, 2.05) is 0 Å². The van der Waals surface area contributed by atoms with Crippen molar-refractivity contribution >= 4 is 41.0 Å². The molecule has 0 radical (unpaired) electrons. The highest BCUT2D eigenvalue weighted by Gasteiger charge is 2.40. The number of hydrogen-bond donors (Lipinski definition) is 1. The van der Waals surface area contributed by atoms with Crippen molar-refractivity contribution in [2.75, 3.05) is 0 Å². The number of amides is 1. The smallest absolute Gasteiger partial charge is 0.288 e. The molecule has 0 saturated heterocycles. The molecule has 1 N–H and O–H groups in total. The summed E-state index contributed by atoms with van der Waals surface area (Å²) in [5, 5.41) is 8.18. The quantitative estimate of drug-likeness (QED) is 0.315. The van der Waals surface area contributed by atoms with E-state index < -0.39 is 36.3 Å². The molecule has 0 saturated carbocycles. The first-order chi connectivity index (χ1) is 17.3. The minimum atomic E-state index is -4.86. The number of nitrogens with one attached hydrogen (secondary N) is 1. The fourth-order valence-electron chi connectivity index (χ4n) is 4.06. The van der Waals surface area contributed by atoms with Crippen LogP contribution in [0.3, 0.4) is 0 Å². The molecule has 3 aromatic carbocycles. The van der Waals surface area contributed by atoms with Gasteiger partial charge in [-0.15, -0.1) is 0 Å². The van der Waals surface area contributed by atoms with Crippen LogP contribution in [0.4, 0.5) is 26.3 Å². The topological polar surface area (TPSA) is 44.2 Å². The van der Waals surface area contributed by atoms with Crippen molar-refractivity contribution in [3.8, 4) is 0 Å². The van der Waals surface area contributed by atoms with Gasteiger partial charge in [0.1, 0.15) is 5.84 Å². The molecule has 11 heteroatoms. The molecule has 1 amide bonds. The Morgan fingerprint density at radius 3 is 2.08 bits per heavy atom. The second-order valence-corrected chi connectivity index (χ2v) is 9.15. The van der Waals surface area contributed by atoms with Gasteiger partial charge in [-0.25, -0.2) is 0 Å². The fourth-order valence-corrected chi connectivity index (χ4v) is 4.60. The van der Waals surface area contributed by atoms with E-state index in [9.17, 15) is 31.1 Å². The van der Waals surface area contributed by atoms with E-state index in [0.717, 1.165) is 35.3 Å². The van der Waals surface area contributed by atoms with Gasteiger partial charge in [-0.05, 0) is 47.0 Å². The maximum atomic E-state index is 13.9. The number of halogens is 8. The van der Waals surface area contributed by atoms with Crippen molar-refractivity contribution in [1.29, 1.82) is 5.41 Å². The molecule has 1 atom stereocenters. The molecule has 0 fully saturated rings. The number of nitrogens with zero attached hydrogens (tertiary/aromatic N) is 1. The van der Waals surface area contributed by atoms with Gasteiger partial charge in [0.25, 0.3) is 5.91 Å². The van der Waals surface area contributed by atoms with Gasteiger partial charge in [0, 0.05) is 15.6 Å². The molecular weight excluding hydrogens is 541 g/mol. The third-order valence-corrected chi connectivity index (χ3v) is 6.21. The zero-order valence-corrected chi connectivity index (χ0v) is 20.1. The Kier molecular flexibility index (Phi) is 7.14. The van der Waals surface area contributed by atoms with Gasteiger partial charge in [0.15, 0.2) is 0 Å². The Balaban J connectivity index is 1.67. The number of carbonyl (C=O) groups is 1. The molecule has 1 unspecified atom stereocenters. The summed E-state index contributed by atoms with van der Waals surface area (Å²) in [4.78, 5) is 13.6. The van der Waals surface area contributed by atoms with Crippen LogP contribution in [0.25, 0.3) is 6.08 Å². The lowest BCUT2D eigenvalue weighted by atomic mass is 9.96. The van der Waals surface area contributed by atoms with Crippen LogP contribution in [0.1, 0.15) is 44.1 Å². The van der Waals surface area contributed by atoms with Crippen molar-refractivity contribution in [1.82, 2.24) is 4.90 Å². The van der Waals surface area contributed by atoms with Crippen LogP contribution in [0, 0.1) is 5.41 Å². The Hall–Kier alpha value is -3.30. The number of fused-ring (bicyclic) bond motifs is 1. The standard InChI is InChI=1S/C26H16Cl2F6N2O/c27-17-10-16(11-18(28)12-17)21(25(29,30)31)8-6-14-5-7-15(22(9-14)26(32,33)34)13-36-23(35)19-3-1-2-4-20(19)24(36)37/h1-12,21,35H,13H2/b8-6+,35-23?. The first-order valence-electron chi connectivity index (χ1n) is 10.7. The lowest BCUT2D eigenvalue weighted by Crippen LogP contribution is -2.30. The monoisotopic (exact) mass is 556 g/mol. The average molecular weight is 557 g/mol. The minimum absolute atomic E-state index is 0.0157. The number of benzene rings is 3. The lowest BCUT2D eigenvalue weighted by molar-refractivity contribution is -0.140. The molecule has 0 aliphatic carbocycles. The molecule has 0 aromatic heterocycles. The molecule has 0 spiro atoms. The third-order valence-electron chi connectivity index (χ3n) is 5.77. The summed E-state index contributed by atoms with van der Waals surface area (Å²) in [6.45, 7) is -0.530. The van der Waals surface area contributed by atoms with Crippen LogP contribution in [0.5, 0.6) is 0 Å². The Morgan fingerprint density at radius 2 is 1.51 bits per heavy atom. The van der Waals surface area contributed by atoms with Crippen molar-refractivity contribution in [3.63, 3.8) is 0 Å². The van der Waals surface area contributed by atoms with Gasteiger partial charge < -0.3 is 0 Å². The number of amidine groups is 1. The fraction of sp³-hybridized carbons (Fsp3) is 0.154. The summed E-state index contributed by atoms with van der Waals surface area (Å²) in [6.07, 6.45) is -7.96. The van der Waals surface area contributed by atoms with E-state index in [2.05, 4.69) is 0 Å². The summed E-state index contributed by atoms with van der Waals surface area (Å²) < 4.78 is 83.0. The maximum Gasteiger partial charge on any atom is 0.416 e. The predicted molar refractivity (Wildman–Crippen MR) is 129 cm³/mol. The molecule has 1 aliphatic heterocycles. The van der Waals surface area contributed by atoms with Crippen molar-refractivity contribution in [2.24, 2.45) is 0 Å². The van der Waals surface area contributed by atoms with Crippen molar-refractivity contribution in [3.05, 3.63) is 110 Å². The van der Waals surface area contributed by atoms with Gasteiger partial charge in [0.2, 0.25) is 0 Å². The highest BCUT2D eigenvalue weighted by molar-refractivity contribution is 6.34. The van der Waals surface area contributed by atoms with Crippen LogP contribution in [-0.4, -0.2) is 22.8 Å². The van der Waals surface area contributed by atoms with Crippen molar-refractivity contribution in [2.45, 2.75) is 24.8 Å². The lowest BCUT2D eigenvalue weighted by Gasteiger charge is -2.20. The van der Waals surface area contributed by atoms with Crippen LogP contribution < -0.4 is 0 Å². The van der Waals surface area contributed by atoms with E-state index in [1.54, 1.807) is 12.1 Å². The van der Waals surface area contributed by atoms with Crippen LogP contribution in [-0.2, 0) is 12.7 Å². The molecule has 0 bridgehead atoms. The van der Waals surface area contributed by atoms with Crippen LogP contribution in [0.2, 0.25) is 10.0 Å². The number of carbonyl (C=O) groups excluding carboxylic acids is 1. The highest BCUT2D eigenvalue weighted by Crippen LogP contribution is 2.39. The van der Waals surface area contributed by atoms with E-state index in [0.29, 0.717) is 11.6 Å². The highest BCUT2D eigenvalue weighted by atomic mass is 35.5. The first kappa shape index (κ1) is 26.8. The second-order valence-electron chi connectivity index (χ2n) is 8.28. The molecule has 3 aromatic rings. The predicted octanol–water partition coefficient (Wildman–Crippen LogP) is 8.35. The summed E-state index contributed by atoms with van der Waals surface area (Å²) in [5.74, 6) is -3.00. The van der Waals surface area contributed by atoms with E-state index in [1.165, 1.54) is 24.3 Å². The third kappa shape index (κ3) is 5.67. The van der Waals surface area contributed by atoms with Gasteiger partial charge in [0.05, 0.1) is 23.6 Å². The maximum absolute atomic E-state index is 13.9. The van der Waals surface area contributed by atoms with Gasteiger partial charge in [-0.2, -0.15) is 26.3 Å². The number of alkyl halides is 6. The summed E-state index contributed by atoms with van der Waals surface area (Å²) in [5.41, 5.74) is -1.31. The SMILES string of the molecule is N=C1c2ccccc2C(=O)N1Cc1ccc(/C=C/C(c2cc(Cl)cc(Cl)c2)C(F)(F)F)cc1C(F)(F)F. The number of rotatable bonds is 5. The number of allylic oxidation sites excluding steroid dienone is 1. The Bertz CT molecular complexity index is 1360. The molecule has 37 heavy (non-hydrogen) atoms. The van der Waals surface area contributed by atoms with Gasteiger partial charge in [-0.3, -0.25) is 15.1 Å². The van der Waals surface area contributed by atoms with Gasteiger partial charge in [-0.1, -0.05) is 65.7 Å². The summed E-state index contributed by atoms with van der Waals surface area (Å²) in [7, 11) is 0. The second kappa shape index (κ2) is 9.87. The normalized spacial score (nSPS) is 15.0. The average Bonchev–Trinajstić information content (AvgIpc) is 3.03. The molecule has 1 aliphatic rings. The van der Waals surface area contributed by atoms with E-state index in [-0.39, 0.29) is 38.1 Å². The molecule has 3 nitrogen and oxygen atoms in total. The Morgan fingerprint density at radius 1 is 0.892 bits per heavy atom. The first-order valence-corrected chi connectivity index (χ1v) is 11.4. The van der Waals surface area contributed by atoms with Gasteiger partial charge >= 0.3 is 12.4 Å². The number of hydrogen-bond acceptors (Lipinski definition) is 2. The molecule has 192 valence electrons. The largest absolute Gasteiger partial charge is 0.416 e. The molecular formula is C26H16Cl2F6N2O. The van der Waals surface area contributed by atoms with Crippen molar-refractivity contribution < 1.29 is 31.1 Å². The Labute approximate surface area is 217 Å².